The first-order chi connectivity index (χ1) is 8.93. The van der Waals surface area contributed by atoms with Gasteiger partial charge in [-0.25, -0.2) is 21.7 Å². The summed E-state index contributed by atoms with van der Waals surface area (Å²) in [5.74, 6) is 0. The van der Waals surface area contributed by atoms with Crippen molar-refractivity contribution in [1.82, 2.24) is 21.7 Å². The summed E-state index contributed by atoms with van der Waals surface area (Å²) in [7, 11) is 0. The molecule has 0 radical (unpaired) electrons. The predicted octanol–water partition coefficient (Wildman–Crippen LogP) is 0.787. The van der Waals surface area contributed by atoms with Crippen LogP contribution in [0, 0.1) is 24.3 Å². The predicted molar refractivity (Wildman–Crippen MR) is 66.3 cm³/mol. The lowest BCUT2D eigenvalue weighted by atomic mass is 10.2. The molecule has 0 unspecified atom stereocenters. The Hall–Kier alpha value is -2.08. The van der Waals surface area contributed by atoms with E-state index in [1.165, 1.54) is 0 Å². The van der Waals surface area contributed by atoms with Crippen LogP contribution < -0.4 is 21.7 Å². The molecule has 0 spiro atoms. The van der Waals surface area contributed by atoms with E-state index in [9.17, 15) is 0 Å². The molecule has 0 amide bonds. The molecule has 2 aromatic rings. The van der Waals surface area contributed by atoms with Crippen molar-refractivity contribution in [2.45, 2.75) is 12.3 Å². The van der Waals surface area contributed by atoms with Crippen LogP contribution in [0.3, 0.4) is 0 Å². The average molecular weight is 236 g/mol. The van der Waals surface area contributed by atoms with Crippen LogP contribution in [0.4, 0.5) is 0 Å². The van der Waals surface area contributed by atoms with Gasteiger partial charge in [0.25, 0.3) is 0 Å². The summed E-state index contributed by atoms with van der Waals surface area (Å²) in [5.41, 5.74) is 14.7. The number of nitrogens with one attached hydrogen (secondary N) is 4. The van der Waals surface area contributed by atoms with Crippen LogP contribution in [0.5, 0.6) is 0 Å². The van der Waals surface area contributed by atoms with E-state index in [0.717, 1.165) is 11.1 Å². The fourth-order valence-electron chi connectivity index (χ4n) is 1.79. The van der Waals surface area contributed by atoms with Crippen molar-refractivity contribution in [2.24, 2.45) is 0 Å². The highest BCUT2D eigenvalue weighted by atomic mass is 15.6. The lowest BCUT2D eigenvalue weighted by Gasteiger charge is -2.32. The summed E-state index contributed by atoms with van der Waals surface area (Å²) in [6.45, 7) is 0. The second-order valence-corrected chi connectivity index (χ2v) is 3.94. The topological polar surface area (TPSA) is 48.1 Å². The van der Waals surface area contributed by atoms with Crippen LogP contribution in [0.1, 0.15) is 23.5 Å². The minimum atomic E-state index is -0.0496. The molecule has 4 heteroatoms. The average Bonchev–Trinajstić information content (AvgIpc) is 2.49. The van der Waals surface area contributed by atoms with Gasteiger partial charge in [0.1, 0.15) is 12.3 Å². The summed E-state index contributed by atoms with van der Waals surface area (Å²) in [6, 6.07) is 23.4. The van der Waals surface area contributed by atoms with Crippen LogP contribution in [-0.4, -0.2) is 0 Å². The minimum Gasteiger partial charge on any atom is -0.233 e. The largest absolute Gasteiger partial charge is 0.233 e. The summed E-state index contributed by atoms with van der Waals surface area (Å²) in [6.07, 6.45) is -0.0993. The Labute approximate surface area is 106 Å². The first-order valence-electron chi connectivity index (χ1n) is 5.72. The Morgan fingerprint density at radius 2 is 1.17 bits per heavy atom. The number of hydrogen-bond donors (Lipinski definition) is 4. The highest BCUT2D eigenvalue weighted by Crippen LogP contribution is 2.12. The maximum Gasteiger partial charge on any atom is 0.117 e. The highest BCUT2D eigenvalue weighted by Gasteiger charge is 2.20. The molecule has 0 aliphatic carbocycles. The lowest BCUT2D eigenvalue weighted by molar-refractivity contribution is 0.194. The third-order valence-electron chi connectivity index (χ3n) is 2.71. The van der Waals surface area contributed by atoms with Gasteiger partial charge in [-0.2, -0.15) is 0 Å². The normalized spacial score (nSPS) is 22.9. The fourth-order valence-corrected chi connectivity index (χ4v) is 1.79. The molecule has 1 saturated heterocycles. The number of rotatable bonds is 2. The van der Waals surface area contributed by atoms with Crippen LogP contribution in [0.2, 0.25) is 0 Å². The van der Waals surface area contributed by atoms with Crippen LogP contribution in [0.15, 0.2) is 36.4 Å². The van der Waals surface area contributed by atoms with Crippen LogP contribution in [0.25, 0.3) is 0 Å². The second-order valence-electron chi connectivity index (χ2n) is 3.94. The molecular formula is C14H12N4. The number of hydrogen-bond acceptors (Lipinski definition) is 4. The van der Waals surface area contributed by atoms with E-state index in [1.54, 1.807) is 0 Å². The maximum absolute atomic E-state index is 3.18. The zero-order valence-electron chi connectivity index (χ0n) is 9.62. The molecule has 3 rings (SSSR count). The van der Waals surface area contributed by atoms with Crippen molar-refractivity contribution in [3.8, 4) is 0 Å². The standard InChI is InChI=1S/C14H12N4/c1-3-7-11(8-4-1)13-15-17-14(18-16-13)12-9-5-2-6-10-12/h1-3,5,7,9,13-18H. The van der Waals surface area contributed by atoms with Gasteiger partial charge in [0.2, 0.25) is 0 Å². The molecule has 1 heterocycles. The smallest absolute Gasteiger partial charge is 0.117 e. The molecule has 0 atom stereocenters. The van der Waals surface area contributed by atoms with E-state index >= 15 is 0 Å². The quantitative estimate of drug-likeness (QED) is 0.622. The molecule has 88 valence electrons. The SMILES string of the molecule is c1cccc(C2NNC(c3c#cccc3)NN2)c#1. The van der Waals surface area contributed by atoms with E-state index in [4.69, 9.17) is 0 Å². The van der Waals surface area contributed by atoms with Gasteiger partial charge in [-0.05, 0) is 24.3 Å². The zero-order chi connectivity index (χ0) is 12.2. The van der Waals surface area contributed by atoms with Gasteiger partial charge in [0.05, 0.1) is 0 Å². The van der Waals surface area contributed by atoms with Crippen molar-refractivity contribution < 1.29 is 0 Å². The summed E-state index contributed by atoms with van der Waals surface area (Å²) in [4.78, 5) is 0. The molecule has 0 aromatic heterocycles. The molecule has 0 saturated carbocycles. The molecule has 0 bridgehead atoms. The molecule has 18 heavy (non-hydrogen) atoms. The maximum atomic E-state index is 3.18. The van der Waals surface area contributed by atoms with Gasteiger partial charge in [-0.3, -0.25) is 0 Å². The Bertz CT molecular complexity index is 430. The van der Waals surface area contributed by atoms with Gasteiger partial charge in [-0.1, -0.05) is 36.4 Å². The van der Waals surface area contributed by atoms with Gasteiger partial charge in [-0.15, -0.1) is 0 Å². The van der Waals surface area contributed by atoms with E-state index in [2.05, 4.69) is 46.0 Å². The molecule has 1 fully saturated rings. The van der Waals surface area contributed by atoms with Gasteiger partial charge in [0, 0.05) is 11.1 Å². The molecule has 2 aromatic carbocycles. The minimum absolute atomic E-state index is 0.0496. The molecule has 1 aliphatic heterocycles. The van der Waals surface area contributed by atoms with E-state index < -0.39 is 0 Å². The summed E-state index contributed by atoms with van der Waals surface area (Å²) < 4.78 is 0. The van der Waals surface area contributed by atoms with E-state index in [0.29, 0.717) is 0 Å². The third-order valence-corrected chi connectivity index (χ3v) is 2.71. The van der Waals surface area contributed by atoms with Crippen molar-refractivity contribution in [2.75, 3.05) is 0 Å². The molecule has 4 nitrogen and oxygen atoms in total. The second kappa shape index (κ2) is 5.05. The fraction of sp³-hybridized carbons (Fsp3) is 0.143. The molecular weight excluding hydrogens is 224 g/mol. The Morgan fingerprint density at radius 3 is 1.50 bits per heavy atom. The Morgan fingerprint density at radius 1 is 0.722 bits per heavy atom. The number of hydrazine groups is 2. The van der Waals surface area contributed by atoms with Gasteiger partial charge >= 0.3 is 0 Å². The van der Waals surface area contributed by atoms with E-state index in [1.807, 2.05) is 36.4 Å². The van der Waals surface area contributed by atoms with Crippen LogP contribution in [-0.2, 0) is 0 Å². The first-order valence-corrected chi connectivity index (χ1v) is 5.72. The molecule has 4 N–H and O–H groups in total. The first kappa shape index (κ1) is 11.0. The van der Waals surface area contributed by atoms with Crippen LogP contribution >= 0.6 is 0 Å². The highest BCUT2D eigenvalue weighted by molar-refractivity contribution is 5.15. The Balaban J connectivity index is 1.65. The van der Waals surface area contributed by atoms with Crippen molar-refractivity contribution in [3.63, 3.8) is 0 Å². The van der Waals surface area contributed by atoms with Crippen molar-refractivity contribution in [3.05, 3.63) is 71.8 Å². The van der Waals surface area contributed by atoms with Gasteiger partial charge in [0.15, 0.2) is 0 Å². The summed E-state index contributed by atoms with van der Waals surface area (Å²) in [5, 5.41) is 0. The third kappa shape index (κ3) is 2.28. The van der Waals surface area contributed by atoms with E-state index in [-0.39, 0.29) is 12.3 Å². The zero-order valence-corrected chi connectivity index (χ0v) is 9.62. The lowest BCUT2D eigenvalue weighted by Crippen LogP contribution is -2.59. The van der Waals surface area contributed by atoms with Gasteiger partial charge < -0.3 is 0 Å². The molecule has 1 aliphatic rings. The Kier molecular flexibility index (Phi) is 3.10. The van der Waals surface area contributed by atoms with Crippen molar-refractivity contribution in [1.29, 1.82) is 0 Å². The summed E-state index contributed by atoms with van der Waals surface area (Å²) >= 11 is 0. The van der Waals surface area contributed by atoms with Crippen molar-refractivity contribution >= 4 is 0 Å². The monoisotopic (exact) mass is 236 g/mol.